The zero-order valence-corrected chi connectivity index (χ0v) is 10.9. The van der Waals surface area contributed by atoms with Gasteiger partial charge in [-0.15, -0.1) is 0 Å². The third-order valence-electron chi connectivity index (χ3n) is 2.78. The quantitative estimate of drug-likeness (QED) is 0.797. The lowest BCUT2D eigenvalue weighted by Crippen LogP contribution is -2.25. The van der Waals surface area contributed by atoms with E-state index in [4.69, 9.17) is 10.7 Å². The van der Waals surface area contributed by atoms with Gasteiger partial charge in [0.25, 0.3) is 0 Å². The van der Waals surface area contributed by atoms with Crippen molar-refractivity contribution in [2.24, 2.45) is 5.92 Å². The van der Waals surface area contributed by atoms with Gasteiger partial charge in [-0.3, -0.25) is 4.79 Å². The molecular formula is C11H11ClFNO3S. The Hall–Kier alpha value is -1.14. The smallest absolute Gasteiger partial charge is 0.232 e. The van der Waals surface area contributed by atoms with Crippen LogP contribution in [0.1, 0.15) is 6.42 Å². The monoisotopic (exact) mass is 291 g/mol. The average molecular weight is 292 g/mol. The lowest BCUT2D eigenvalue weighted by molar-refractivity contribution is -0.117. The highest BCUT2D eigenvalue weighted by Crippen LogP contribution is 2.26. The van der Waals surface area contributed by atoms with Crippen molar-refractivity contribution in [1.29, 1.82) is 0 Å². The summed E-state index contributed by atoms with van der Waals surface area (Å²) in [5.74, 6) is -1.10. The van der Waals surface area contributed by atoms with Gasteiger partial charge in [-0.1, -0.05) is 0 Å². The van der Waals surface area contributed by atoms with Gasteiger partial charge in [-0.2, -0.15) is 0 Å². The van der Waals surface area contributed by atoms with Gasteiger partial charge in [0.15, 0.2) is 0 Å². The van der Waals surface area contributed by atoms with Gasteiger partial charge in [0.05, 0.1) is 5.75 Å². The maximum absolute atomic E-state index is 12.8. The SMILES string of the molecule is O=C1CC(CS(=O)(=O)Cl)CN1c1ccc(F)cc1. The molecule has 1 saturated heterocycles. The fraction of sp³-hybridized carbons (Fsp3) is 0.364. The van der Waals surface area contributed by atoms with Gasteiger partial charge >= 0.3 is 0 Å². The standard InChI is InChI=1S/C11H11ClFNO3S/c12-18(16,17)7-8-5-11(15)14(6-8)10-3-1-9(13)2-4-10/h1-4,8H,5-7H2. The van der Waals surface area contributed by atoms with Crippen molar-refractivity contribution in [3.05, 3.63) is 30.1 Å². The fourth-order valence-electron chi connectivity index (χ4n) is 2.05. The summed E-state index contributed by atoms with van der Waals surface area (Å²) in [5, 5.41) is 0. The molecule has 1 amide bonds. The summed E-state index contributed by atoms with van der Waals surface area (Å²) >= 11 is 0. The largest absolute Gasteiger partial charge is 0.312 e. The molecule has 18 heavy (non-hydrogen) atoms. The molecule has 4 nitrogen and oxygen atoms in total. The first kappa shape index (κ1) is 13.3. The molecule has 1 fully saturated rings. The van der Waals surface area contributed by atoms with Crippen molar-refractivity contribution in [3.63, 3.8) is 0 Å². The predicted octanol–water partition coefficient (Wildman–Crippen LogP) is 1.75. The highest BCUT2D eigenvalue weighted by molar-refractivity contribution is 8.13. The minimum absolute atomic E-state index is 0.142. The van der Waals surface area contributed by atoms with Crippen LogP contribution >= 0.6 is 10.7 Å². The fourth-order valence-corrected chi connectivity index (χ4v) is 3.37. The maximum Gasteiger partial charge on any atom is 0.232 e. The van der Waals surface area contributed by atoms with E-state index < -0.39 is 9.05 Å². The molecule has 0 bridgehead atoms. The molecule has 0 radical (unpaired) electrons. The Bertz CT molecular complexity index is 558. The number of halogens is 2. The van der Waals surface area contributed by atoms with Crippen LogP contribution in [0, 0.1) is 11.7 Å². The highest BCUT2D eigenvalue weighted by Gasteiger charge is 2.33. The van der Waals surface area contributed by atoms with Gasteiger partial charge in [0, 0.05) is 35.3 Å². The molecular weight excluding hydrogens is 281 g/mol. The van der Waals surface area contributed by atoms with E-state index in [9.17, 15) is 17.6 Å². The Kier molecular flexibility index (Phi) is 3.59. The zero-order valence-electron chi connectivity index (χ0n) is 9.34. The Morgan fingerprint density at radius 2 is 1.94 bits per heavy atom. The summed E-state index contributed by atoms with van der Waals surface area (Å²) in [6, 6.07) is 5.50. The molecule has 1 aliphatic rings. The summed E-state index contributed by atoms with van der Waals surface area (Å²) in [4.78, 5) is 13.2. The second kappa shape index (κ2) is 4.85. The maximum atomic E-state index is 12.8. The molecule has 0 aliphatic carbocycles. The Morgan fingerprint density at radius 1 is 1.33 bits per heavy atom. The number of benzene rings is 1. The number of carbonyl (C=O) groups excluding carboxylic acids is 1. The van der Waals surface area contributed by atoms with Crippen molar-refractivity contribution < 1.29 is 17.6 Å². The van der Waals surface area contributed by atoms with E-state index in [2.05, 4.69) is 0 Å². The first-order valence-electron chi connectivity index (χ1n) is 5.33. The average Bonchev–Trinajstić information content (AvgIpc) is 2.58. The third kappa shape index (κ3) is 3.20. The number of rotatable bonds is 3. The molecule has 0 N–H and O–H groups in total. The second-order valence-corrected chi connectivity index (χ2v) is 7.08. The molecule has 1 aromatic carbocycles. The van der Waals surface area contributed by atoms with Crippen LogP contribution in [-0.2, 0) is 13.8 Å². The Morgan fingerprint density at radius 3 is 2.50 bits per heavy atom. The summed E-state index contributed by atoms with van der Waals surface area (Å²) in [6.45, 7) is 0.288. The molecule has 1 aliphatic heterocycles. The summed E-state index contributed by atoms with van der Waals surface area (Å²) in [5.41, 5.74) is 0.566. The number of carbonyl (C=O) groups is 1. The van der Waals surface area contributed by atoms with Crippen LogP contribution in [0.5, 0.6) is 0 Å². The number of amides is 1. The van der Waals surface area contributed by atoms with Crippen LogP contribution in [0.4, 0.5) is 10.1 Å². The number of hydrogen-bond acceptors (Lipinski definition) is 3. The summed E-state index contributed by atoms with van der Waals surface area (Å²) in [7, 11) is 1.56. The van der Waals surface area contributed by atoms with E-state index >= 15 is 0 Å². The molecule has 1 heterocycles. The lowest BCUT2D eigenvalue weighted by Gasteiger charge is -2.16. The van der Waals surface area contributed by atoms with Gasteiger partial charge in [-0.05, 0) is 24.3 Å². The van der Waals surface area contributed by atoms with E-state index in [1.165, 1.54) is 29.2 Å². The van der Waals surface area contributed by atoms with Crippen LogP contribution in [0.25, 0.3) is 0 Å². The lowest BCUT2D eigenvalue weighted by atomic mass is 10.1. The Balaban J connectivity index is 2.12. The molecule has 0 aromatic heterocycles. The van der Waals surface area contributed by atoms with E-state index in [0.29, 0.717) is 5.69 Å². The first-order valence-corrected chi connectivity index (χ1v) is 7.81. The van der Waals surface area contributed by atoms with E-state index in [1.807, 2.05) is 0 Å². The minimum atomic E-state index is -3.61. The highest BCUT2D eigenvalue weighted by atomic mass is 35.7. The van der Waals surface area contributed by atoms with Gasteiger partial charge < -0.3 is 4.90 Å². The second-order valence-electron chi connectivity index (χ2n) is 4.26. The van der Waals surface area contributed by atoms with Gasteiger partial charge in [0.1, 0.15) is 5.82 Å². The van der Waals surface area contributed by atoms with Crippen LogP contribution in [0.3, 0.4) is 0 Å². The number of hydrogen-bond donors (Lipinski definition) is 0. The predicted molar refractivity (Wildman–Crippen MR) is 66.5 cm³/mol. The number of nitrogens with zero attached hydrogens (tertiary/aromatic N) is 1. The van der Waals surface area contributed by atoms with Crippen LogP contribution < -0.4 is 4.90 Å². The minimum Gasteiger partial charge on any atom is -0.312 e. The van der Waals surface area contributed by atoms with E-state index in [1.54, 1.807) is 0 Å². The van der Waals surface area contributed by atoms with Gasteiger partial charge in [0.2, 0.25) is 15.0 Å². The Labute approximate surface area is 109 Å². The van der Waals surface area contributed by atoms with Crippen molar-refractivity contribution in [2.45, 2.75) is 6.42 Å². The molecule has 98 valence electrons. The molecule has 1 atom stereocenters. The van der Waals surface area contributed by atoms with Crippen molar-refractivity contribution in [1.82, 2.24) is 0 Å². The number of anilines is 1. The molecule has 1 aromatic rings. The van der Waals surface area contributed by atoms with Crippen LogP contribution in [0.15, 0.2) is 24.3 Å². The normalized spacial score (nSPS) is 20.4. The van der Waals surface area contributed by atoms with Crippen molar-refractivity contribution in [2.75, 3.05) is 17.2 Å². The third-order valence-corrected chi connectivity index (χ3v) is 4.03. The van der Waals surface area contributed by atoms with Gasteiger partial charge in [-0.25, -0.2) is 12.8 Å². The van der Waals surface area contributed by atoms with Crippen molar-refractivity contribution in [3.8, 4) is 0 Å². The molecule has 7 heteroatoms. The summed E-state index contributed by atoms with van der Waals surface area (Å²) < 4.78 is 34.7. The van der Waals surface area contributed by atoms with Crippen LogP contribution in [0.2, 0.25) is 0 Å². The van der Waals surface area contributed by atoms with Crippen LogP contribution in [-0.4, -0.2) is 26.6 Å². The molecule has 0 saturated carbocycles. The molecule has 2 rings (SSSR count). The zero-order chi connectivity index (χ0) is 13.3. The van der Waals surface area contributed by atoms with E-state index in [-0.39, 0.29) is 36.4 Å². The first-order chi connectivity index (χ1) is 8.35. The molecule has 0 spiro atoms. The van der Waals surface area contributed by atoms with E-state index in [0.717, 1.165) is 0 Å². The topological polar surface area (TPSA) is 54.5 Å². The summed E-state index contributed by atoms with van der Waals surface area (Å²) in [6.07, 6.45) is 0.142. The van der Waals surface area contributed by atoms with Crippen molar-refractivity contribution >= 4 is 31.3 Å². The molecule has 1 unspecified atom stereocenters.